The molecule has 2 aromatic carbocycles. The molecule has 0 saturated carbocycles. The standard InChI is InChI=1S/C19H19N3O3S/c1-13-8-9-14(2)16(10-13)20-17(23)11-22-19(26)25-18(21-22)12-24-15-6-4-3-5-7-15/h3-10H,11-12H2,1-2H3,(H,20,23). The van der Waals surface area contributed by atoms with E-state index in [2.05, 4.69) is 10.4 Å². The van der Waals surface area contributed by atoms with Crippen LogP contribution in [0, 0.1) is 18.7 Å². The van der Waals surface area contributed by atoms with Gasteiger partial charge in [-0.25, -0.2) is 4.68 Å². The molecule has 1 amide bonds. The van der Waals surface area contributed by atoms with E-state index < -0.39 is 0 Å². The Bertz CT molecular complexity index is 964. The zero-order chi connectivity index (χ0) is 18.5. The molecule has 0 spiro atoms. The van der Waals surface area contributed by atoms with E-state index in [0.717, 1.165) is 16.8 Å². The zero-order valence-electron chi connectivity index (χ0n) is 14.6. The second-order valence-electron chi connectivity index (χ2n) is 5.89. The Morgan fingerprint density at radius 2 is 2.00 bits per heavy atom. The topological polar surface area (TPSA) is 69.3 Å². The number of benzene rings is 2. The monoisotopic (exact) mass is 369 g/mol. The van der Waals surface area contributed by atoms with Gasteiger partial charge in [0, 0.05) is 5.69 Å². The Hall–Kier alpha value is -2.93. The first-order valence-corrected chi connectivity index (χ1v) is 8.54. The third kappa shape index (κ3) is 4.58. The van der Waals surface area contributed by atoms with E-state index in [0.29, 0.717) is 11.6 Å². The van der Waals surface area contributed by atoms with Crippen molar-refractivity contribution in [2.75, 3.05) is 5.32 Å². The molecule has 0 atom stereocenters. The molecular weight excluding hydrogens is 350 g/mol. The Balaban J connectivity index is 1.63. The summed E-state index contributed by atoms with van der Waals surface area (Å²) in [7, 11) is 0. The van der Waals surface area contributed by atoms with E-state index in [9.17, 15) is 4.79 Å². The summed E-state index contributed by atoms with van der Waals surface area (Å²) < 4.78 is 12.3. The molecule has 0 saturated heterocycles. The summed E-state index contributed by atoms with van der Waals surface area (Å²) in [4.78, 5) is 12.4. The van der Waals surface area contributed by atoms with Crippen molar-refractivity contribution in [3.63, 3.8) is 0 Å². The van der Waals surface area contributed by atoms with Crippen LogP contribution in [0.4, 0.5) is 5.69 Å². The molecule has 0 unspecified atom stereocenters. The number of rotatable bonds is 6. The summed E-state index contributed by atoms with van der Waals surface area (Å²) in [6.07, 6.45) is 0. The van der Waals surface area contributed by atoms with Crippen LogP contribution in [0.15, 0.2) is 52.9 Å². The van der Waals surface area contributed by atoms with Gasteiger partial charge in [0.05, 0.1) is 0 Å². The number of nitrogens with one attached hydrogen (secondary N) is 1. The van der Waals surface area contributed by atoms with Crippen molar-refractivity contribution in [1.29, 1.82) is 0 Å². The molecule has 1 heterocycles. The first-order chi connectivity index (χ1) is 12.5. The fraction of sp³-hybridized carbons (Fsp3) is 0.211. The van der Waals surface area contributed by atoms with E-state index in [4.69, 9.17) is 21.4 Å². The second kappa shape index (κ2) is 7.97. The highest BCUT2D eigenvalue weighted by Gasteiger charge is 2.11. The zero-order valence-corrected chi connectivity index (χ0v) is 15.4. The number of carbonyl (C=O) groups is 1. The fourth-order valence-electron chi connectivity index (χ4n) is 2.37. The van der Waals surface area contributed by atoms with Gasteiger partial charge in [-0.05, 0) is 55.4 Å². The SMILES string of the molecule is Cc1ccc(C)c(NC(=O)Cn2nc(COc3ccccc3)oc2=S)c1. The van der Waals surface area contributed by atoms with Gasteiger partial charge in [0.2, 0.25) is 5.91 Å². The Morgan fingerprint density at radius 3 is 2.77 bits per heavy atom. The average molecular weight is 369 g/mol. The van der Waals surface area contributed by atoms with Gasteiger partial charge in [-0.2, -0.15) is 0 Å². The molecule has 26 heavy (non-hydrogen) atoms. The molecule has 0 fully saturated rings. The van der Waals surface area contributed by atoms with Gasteiger partial charge >= 0.3 is 0 Å². The lowest BCUT2D eigenvalue weighted by Crippen LogP contribution is -2.20. The number of aryl methyl sites for hydroxylation is 2. The maximum Gasteiger partial charge on any atom is 0.287 e. The lowest BCUT2D eigenvalue weighted by molar-refractivity contribution is -0.117. The predicted molar refractivity (Wildman–Crippen MR) is 101 cm³/mol. The van der Waals surface area contributed by atoms with Crippen LogP contribution >= 0.6 is 12.2 Å². The van der Waals surface area contributed by atoms with Crippen molar-refractivity contribution >= 4 is 23.8 Å². The Kier molecular flexibility index (Phi) is 5.48. The van der Waals surface area contributed by atoms with Crippen LogP contribution in [0.5, 0.6) is 5.75 Å². The van der Waals surface area contributed by atoms with Crippen LogP contribution in [0.3, 0.4) is 0 Å². The molecule has 1 N–H and O–H groups in total. The molecule has 3 rings (SSSR count). The number of aromatic nitrogens is 2. The van der Waals surface area contributed by atoms with Gasteiger partial charge in [-0.3, -0.25) is 4.79 Å². The molecule has 0 aliphatic heterocycles. The molecule has 0 aliphatic rings. The van der Waals surface area contributed by atoms with E-state index in [1.165, 1.54) is 4.68 Å². The lowest BCUT2D eigenvalue weighted by Gasteiger charge is -2.09. The third-order valence-corrected chi connectivity index (χ3v) is 4.01. The summed E-state index contributed by atoms with van der Waals surface area (Å²) in [5.41, 5.74) is 2.84. The second-order valence-corrected chi connectivity index (χ2v) is 6.24. The highest BCUT2D eigenvalue weighted by Crippen LogP contribution is 2.16. The first-order valence-electron chi connectivity index (χ1n) is 8.13. The first kappa shape index (κ1) is 17.9. The van der Waals surface area contributed by atoms with Crippen molar-refractivity contribution in [2.24, 2.45) is 0 Å². The van der Waals surface area contributed by atoms with Gasteiger partial charge in [0.25, 0.3) is 10.7 Å². The van der Waals surface area contributed by atoms with Crippen molar-refractivity contribution in [3.05, 3.63) is 70.4 Å². The molecule has 6 nitrogen and oxygen atoms in total. The normalized spacial score (nSPS) is 10.5. The molecule has 0 bridgehead atoms. The minimum absolute atomic E-state index is 0.0267. The van der Waals surface area contributed by atoms with E-state index >= 15 is 0 Å². The number of para-hydroxylation sites is 1. The van der Waals surface area contributed by atoms with Gasteiger partial charge in [0.15, 0.2) is 6.61 Å². The number of hydrogen-bond acceptors (Lipinski definition) is 5. The average Bonchev–Trinajstić information content (AvgIpc) is 2.97. The highest BCUT2D eigenvalue weighted by molar-refractivity contribution is 7.71. The summed E-state index contributed by atoms with van der Waals surface area (Å²) in [5.74, 6) is 0.799. The van der Waals surface area contributed by atoms with Crippen molar-refractivity contribution < 1.29 is 13.9 Å². The Labute approximate surface area is 156 Å². The van der Waals surface area contributed by atoms with Crippen molar-refractivity contribution in [1.82, 2.24) is 9.78 Å². The lowest BCUT2D eigenvalue weighted by atomic mass is 10.1. The summed E-state index contributed by atoms with van der Waals surface area (Å²) in [5, 5.41) is 7.08. The predicted octanol–water partition coefficient (Wildman–Crippen LogP) is 4.04. The molecule has 0 radical (unpaired) electrons. The summed E-state index contributed by atoms with van der Waals surface area (Å²) >= 11 is 5.13. The molecule has 1 aromatic heterocycles. The van der Waals surface area contributed by atoms with Crippen LogP contribution in [0.2, 0.25) is 0 Å². The molecule has 7 heteroatoms. The van der Waals surface area contributed by atoms with Crippen molar-refractivity contribution in [3.8, 4) is 5.75 Å². The van der Waals surface area contributed by atoms with Crippen LogP contribution in [-0.4, -0.2) is 15.7 Å². The van der Waals surface area contributed by atoms with Gasteiger partial charge < -0.3 is 14.5 Å². The minimum atomic E-state index is -0.223. The van der Waals surface area contributed by atoms with Crippen LogP contribution in [0.25, 0.3) is 0 Å². The maximum absolute atomic E-state index is 12.3. The number of hydrogen-bond donors (Lipinski definition) is 1. The van der Waals surface area contributed by atoms with Crippen molar-refractivity contribution in [2.45, 2.75) is 27.0 Å². The minimum Gasteiger partial charge on any atom is -0.484 e. The number of ether oxygens (including phenoxy) is 1. The van der Waals surface area contributed by atoms with E-state index in [1.54, 1.807) is 0 Å². The van der Waals surface area contributed by atoms with Gasteiger partial charge in [-0.1, -0.05) is 30.3 Å². The van der Waals surface area contributed by atoms with E-state index in [1.807, 2.05) is 62.4 Å². The number of anilines is 1. The molecule has 0 aliphatic carbocycles. The highest BCUT2D eigenvalue weighted by atomic mass is 32.1. The Morgan fingerprint density at radius 1 is 1.23 bits per heavy atom. The van der Waals surface area contributed by atoms with Gasteiger partial charge in [0.1, 0.15) is 12.3 Å². The van der Waals surface area contributed by atoms with E-state index in [-0.39, 0.29) is 23.9 Å². The quantitative estimate of drug-likeness (QED) is 0.664. The number of amides is 1. The largest absolute Gasteiger partial charge is 0.484 e. The molecular formula is C19H19N3O3S. The number of carbonyl (C=O) groups excluding carboxylic acids is 1. The summed E-state index contributed by atoms with van der Waals surface area (Å²) in [6, 6.07) is 15.2. The summed E-state index contributed by atoms with van der Waals surface area (Å²) in [6.45, 7) is 4.03. The third-order valence-electron chi connectivity index (χ3n) is 3.71. The molecule has 3 aromatic rings. The van der Waals surface area contributed by atoms with Crippen LogP contribution < -0.4 is 10.1 Å². The smallest absolute Gasteiger partial charge is 0.287 e. The number of nitrogens with zero attached hydrogens (tertiary/aromatic N) is 2. The fourth-order valence-corrected chi connectivity index (χ4v) is 2.57. The van der Waals surface area contributed by atoms with Gasteiger partial charge in [-0.15, -0.1) is 5.10 Å². The van der Waals surface area contributed by atoms with Crippen LogP contribution in [0.1, 0.15) is 17.0 Å². The maximum atomic E-state index is 12.3. The van der Waals surface area contributed by atoms with Crippen LogP contribution in [-0.2, 0) is 17.9 Å². The molecule has 134 valence electrons.